The zero-order chi connectivity index (χ0) is 19.4. The molecule has 1 aromatic carbocycles. The first-order valence-electron chi connectivity index (χ1n) is 9.30. The monoisotopic (exact) mass is 386 g/mol. The number of pyridine rings is 1. The number of carbonyl (C=O) groups is 1. The predicted octanol–water partition coefficient (Wildman–Crippen LogP) is 4.29. The Hall–Kier alpha value is -2.11. The van der Waals surface area contributed by atoms with Crippen molar-refractivity contribution in [3.63, 3.8) is 0 Å². The van der Waals surface area contributed by atoms with Crippen LogP contribution in [0.5, 0.6) is 0 Å². The van der Waals surface area contributed by atoms with Crippen LogP contribution in [-0.4, -0.2) is 52.0 Å². The maximum absolute atomic E-state index is 13.0. The number of benzene rings is 1. The highest BCUT2D eigenvalue weighted by atomic mass is 35.5. The molecule has 0 aliphatic carbocycles. The first-order chi connectivity index (χ1) is 12.8. The van der Waals surface area contributed by atoms with Crippen LogP contribution in [0.15, 0.2) is 48.8 Å². The van der Waals surface area contributed by atoms with Crippen molar-refractivity contribution in [3.05, 3.63) is 59.4 Å². The van der Waals surface area contributed by atoms with Gasteiger partial charge >= 0.3 is 6.03 Å². The zero-order valence-electron chi connectivity index (χ0n) is 16.2. The molecule has 0 saturated carbocycles. The molecule has 1 unspecified atom stereocenters. The molecule has 0 bridgehead atoms. The predicted molar refractivity (Wildman–Crippen MR) is 110 cm³/mol. The van der Waals surface area contributed by atoms with Gasteiger partial charge in [-0.15, -0.1) is 0 Å². The van der Waals surface area contributed by atoms with E-state index >= 15 is 0 Å². The van der Waals surface area contributed by atoms with Crippen molar-refractivity contribution in [2.75, 3.05) is 25.0 Å². The number of amides is 2. The van der Waals surface area contributed by atoms with Crippen LogP contribution in [-0.2, 0) is 6.42 Å². The normalized spacial score (nSPS) is 18.4. The van der Waals surface area contributed by atoms with E-state index in [1.165, 1.54) is 0 Å². The zero-order valence-corrected chi connectivity index (χ0v) is 16.9. The van der Waals surface area contributed by atoms with Gasteiger partial charge in [-0.1, -0.05) is 17.7 Å². The Balaban J connectivity index is 1.76. The third-order valence-corrected chi connectivity index (χ3v) is 5.23. The molecule has 1 N–H and O–H groups in total. The maximum Gasteiger partial charge on any atom is 0.322 e. The lowest BCUT2D eigenvalue weighted by molar-refractivity contribution is 0.0426. The average molecular weight is 387 g/mol. The first-order valence-corrected chi connectivity index (χ1v) is 9.68. The highest BCUT2D eigenvalue weighted by molar-refractivity contribution is 6.30. The number of anilines is 1. The van der Waals surface area contributed by atoms with Crippen molar-refractivity contribution in [1.29, 1.82) is 0 Å². The van der Waals surface area contributed by atoms with Crippen LogP contribution in [0.2, 0.25) is 5.02 Å². The standard InChI is InChI=1S/C21H27ClN4O/c1-21(2,3)25-11-12-26(19(15-25)13-16-5-4-10-23-14-16)20(27)24-18-8-6-17(22)7-9-18/h4-10,14,19H,11-13,15H2,1-3H3,(H,24,27). The second-order valence-corrected chi connectivity index (χ2v) is 8.40. The lowest BCUT2D eigenvalue weighted by Gasteiger charge is -2.46. The number of aromatic nitrogens is 1. The summed E-state index contributed by atoms with van der Waals surface area (Å²) < 4.78 is 0. The summed E-state index contributed by atoms with van der Waals surface area (Å²) in [5.41, 5.74) is 1.97. The SMILES string of the molecule is CC(C)(C)N1CCN(C(=O)Nc2ccc(Cl)cc2)C(Cc2cccnc2)C1. The third kappa shape index (κ3) is 5.21. The maximum atomic E-state index is 13.0. The van der Waals surface area contributed by atoms with Gasteiger partial charge in [-0.05, 0) is 63.1 Å². The number of piperazine rings is 1. The Bertz CT molecular complexity index is 758. The van der Waals surface area contributed by atoms with E-state index in [1.807, 2.05) is 29.3 Å². The molecular formula is C21H27ClN4O. The fraction of sp³-hybridized carbons (Fsp3) is 0.429. The second-order valence-electron chi connectivity index (χ2n) is 7.97. The van der Waals surface area contributed by atoms with Gasteiger partial charge < -0.3 is 10.2 Å². The molecule has 1 aromatic heterocycles. The van der Waals surface area contributed by atoms with Gasteiger partial charge in [0.05, 0.1) is 6.04 Å². The van der Waals surface area contributed by atoms with Crippen LogP contribution in [0.25, 0.3) is 0 Å². The minimum atomic E-state index is -0.0697. The molecule has 2 amide bonds. The number of urea groups is 1. The van der Waals surface area contributed by atoms with Gasteiger partial charge in [0.2, 0.25) is 0 Å². The molecule has 27 heavy (non-hydrogen) atoms. The van der Waals surface area contributed by atoms with Crippen molar-refractivity contribution >= 4 is 23.3 Å². The van der Waals surface area contributed by atoms with Gasteiger partial charge in [0.25, 0.3) is 0 Å². The Morgan fingerprint density at radius 1 is 1.22 bits per heavy atom. The molecule has 6 heteroatoms. The van der Waals surface area contributed by atoms with Gasteiger partial charge in [-0.2, -0.15) is 0 Å². The first kappa shape index (κ1) is 19.6. The summed E-state index contributed by atoms with van der Waals surface area (Å²) in [6.45, 7) is 9.06. The van der Waals surface area contributed by atoms with Gasteiger partial charge in [0, 0.05) is 48.3 Å². The number of hydrogen-bond acceptors (Lipinski definition) is 3. The molecule has 5 nitrogen and oxygen atoms in total. The Morgan fingerprint density at radius 3 is 2.59 bits per heavy atom. The van der Waals surface area contributed by atoms with Gasteiger partial charge in [0.15, 0.2) is 0 Å². The van der Waals surface area contributed by atoms with Crippen molar-refractivity contribution in [2.45, 2.75) is 38.8 Å². The Kier molecular flexibility index (Phi) is 6.02. The summed E-state index contributed by atoms with van der Waals surface area (Å²) in [5.74, 6) is 0. The highest BCUT2D eigenvalue weighted by Gasteiger charge is 2.34. The molecule has 1 aliphatic rings. The summed E-state index contributed by atoms with van der Waals surface area (Å²) in [7, 11) is 0. The minimum absolute atomic E-state index is 0.0697. The van der Waals surface area contributed by atoms with Crippen LogP contribution >= 0.6 is 11.6 Å². The summed E-state index contributed by atoms with van der Waals surface area (Å²) >= 11 is 5.93. The van der Waals surface area contributed by atoms with E-state index in [1.54, 1.807) is 18.3 Å². The van der Waals surface area contributed by atoms with Crippen molar-refractivity contribution < 1.29 is 4.79 Å². The van der Waals surface area contributed by atoms with E-state index in [0.29, 0.717) is 11.6 Å². The lowest BCUT2D eigenvalue weighted by atomic mass is 9.98. The largest absolute Gasteiger partial charge is 0.322 e. The van der Waals surface area contributed by atoms with E-state index in [2.05, 4.69) is 42.0 Å². The molecule has 2 heterocycles. The smallest absolute Gasteiger partial charge is 0.319 e. The van der Waals surface area contributed by atoms with E-state index in [-0.39, 0.29) is 17.6 Å². The van der Waals surface area contributed by atoms with E-state index in [0.717, 1.165) is 30.8 Å². The van der Waals surface area contributed by atoms with Crippen LogP contribution in [0.3, 0.4) is 0 Å². The van der Waals surface area contributed by atoms with Crippen LogP contribution in [0.1, 0.15) is 26.3 Å². The lowest BCUT2D eigenvalue weighted by Crippen LogP contribution is -2.60. The minimum Gasteiger partial charge on any atom is -0.319 e. The molecule has 1 saturated heterocycles. The van der Waals surface area contributed by atoms with E-state index in [4.69, 9.17) is 11.6 Å². The topological polar surface area (TPSA) is 48.5 Å². The molecule has 1 aliphatic heterocycles. The van der Waals surface area contributed by atoms with E-state index < -0.39 is 0 Å². The molecule has 1 atom stereocenters. The van der Waals surface area contributed by atoms with Crippen LogP contribution < -0.4 is 5.32 Å². The fourth-order valence-electron chi connectivity index (χ4n) is 3.43. The number of carbonyl (C=O) groups excluding carboxylic acids is 1. The van der Waals surface area contributed by atoms with Crippen molar-refractivity contribution in [3.8, 4) is 0 Å². The number of hydrogen-bond donors (Lipinski definition) is 1. The molecule has 2 aromatic rings. The molecule has 0 radical (unpaired) electrons. The summed E-state index contributed by atoms with van der Waals surface area (Å²) in [6.07, 6.45) is 4.44. The van der Waals surface area contributed by atoms with Crippen LogP contribution in [0, 0.1) is 0 Å². The summed E-state index contributed by atoms with van der Waals surface area (Å²) in [4.78, 5) is 21.6. The molecule has 0 spiro atoms. The molecular weight excluding hydrogens is 360 g/mol. The number of nitrogens with zero attached hydrogens (tertiary/aromatic N) is 3. The third-order valence-electron chi connectivity index (χ3n) is 4.98. The van der Waals surface area contributed by atoms with E-state index in [9.17, 15) is 4.79 Å². The number of halogens is 1. The quantitative estimate of drug-likeness (QED) is 0.855. The van der Waals surface area contributed by atoms with Crippen LogP contribution in [0.4, 0.5) is 10.5 Å². The molecule has 144 valence electrons. The van der Waals surface area contributed by atoms with Gasteiger partial charge in [-0.25, -0.2) is 4.79 Å². The average Bonchev–Trinajstić information content (AvgIpc) is 2.63. The molecule has 3 rings (SSSR count). The van der Waals surface area contributed by atoms with Gasteiger partial charge in [-0.3, -0.25) is 9.88 Å². The highest BCUT2D eigenvalue weighted by Crippen LogP contribution is 2.23. The number of nitrogens with one attached hydrogen (secondary N) is 1. The number of rotatable bonds is 3. The van der Waals surface area contributed by atoms with Crippen molar-refractivity contribution in [1.82, 2.24) is 14.8 Å². The summed E-state index contributed by atoms with van der Waals surface area (Å²) in [6, 6.07) is 11.2. The van der Waals surface area contributed by atoms with Gasteiger partial charge in [0.1, 0.15) is 0 Å². The fourth-order valence-corrected chi connectivity index (χ4v) is 3.55. The Labute approximate surface area is 166 Å². The second kappa shape index (κ2) is 8.28. The summed E-state index contributed by atoms with van der Waals surface area (Å²) in [5, 5.41) is 3.66. The Morgan fingerprint density at radius 2 is 1.96 bits per heavy atom. The molecule has 1 fully saturated rings. The van der Waals surface area contributed by atoms with Crippen molar-refractivity contribution in [2.24, 2.45) is 0 Å².